The molecule has 0 fully saturated rings. The Labute approximate surface area is 88.7 Å². The van der Waals surface area contributed by atoms with Gasteiger partial charge < -0.3 is 5.32 Å². The van der Waals surface area contributed by atoms with E-state index in [1.807, 2.05) is 13.1 Å². The molecule has 0 aliphatic rings. The largest absolute Gasteiger partial charge is 0.319 e. The Morgan fingerprint density at radius 3 is 2.46 bits per heavy atom. The standard InChI is InChI=1S/C11H16BrN/c1-11(2,8-13-3)9-6-4-5-7-10(9)12/h4-7,13H,8H2,1-3H3. The molecule has 2 heteroatoms. The molecule has 0 atom stereocenters. The van der Waals surface area contributed by atoms with E-state index in [-0.39, 0.29) is 5.41 Å². The highest BCUT2D eigenvalue weighted by atomic mass is 79.9. The van der Waals surface area contributed by atoms with Crippen molar-refractivity contribution >= 4 is 15.9 Å². The molecule has 0 aromatic heterocycles. The SMILES string of the molecule is CNCC(C)(C)c1ccccc1Br. The van der Waals surface area contributed by atoms with Gasteiger partial charge in [-0.25, -0.2) is 0 Å². The van der Waals surface area contributed by atoms with Crippen LogP contribution in [0.25, 0.3) is 0 Å². The normalized spacial score (nSPS) is 11.7. The van der Waals surface area contributed by atoms with Crippen LogP contribution in [0, 0.1) is 0 Å². The molecule has 1 aromatic carbocycles. The van der Waals surface area contributed by atoms with Crippen LogP contribution in [0.2, 0.25) is 0 Å². The molecule has 72 valence electrons. The van der Waals surface area contributed by atoms with Crippen LogP contribution in [0.5, 0.6) is 0 Å². The lowest BCUT2D eigenvalue weighted by Gasteiger charge is -2.26. The van der Waals surface area contributed by atoms with Crippen LogP contribution < -0.4 is 5.32 Å². The maximum atomic E-state index is 3.57. The van der Waals surface area contributed by atoms with Crippen molar-refractivity contribution in [2.24, 2.45) is 0 Å². The minimum atomic E-state index is 0.175. The molecule has 0 saturated carbocycles. The minimum Gasteiger partial charge on any atom is -0.319 e. The molecule has 0 heterocycles. The number of benzene rings is 1. The van der Waals surface area contributed by atoms with Gasteiger partial charge in [-0.05, 0) is 18.7 Å². The molecule has 0 unspecified atom stereocenters. The lowest BCUT2D eigenvalue weighted by atomic mass is 9.85. The van der Waals surface area contributed by atoms with Gasteiger partial charge >= 0.3 is 0 Å². The Morgan fingerprint density at radius 1 is 1.31 bits per heavy atom. The van der Waals surface area contributed by atoms with E-state index in [4.69, 9.17) is 0 Å². The fourth-order valence-electron chi connectivity index (χ4n) is 1.55. The second-order valence-corrected chi connectivity index (χ2v) is 4.75. The molecular formula is C11H16BrN. The number of hydrogen-bond donors (Lipinski definition) is 1. The van der Waals surface area contributed by atoms with Gasteiger partial charge in [0.25, 0.3) is 0 Å². The number of nitrogens with one attached hydrogen (secondary N) is 1. The van der Waals surface area contributed by atoms with Crippen molar-refractivity contribution in [2.75, 3.05) is 13.6 Å². The summed E-state index contributed by atoms with van der Waals surface area (Å²) in [5.41, 5.74) is 1.53. The van der Waals surface area contributed by atoms with Crippen molar-refractivity contribution in [1.29, 1.82) is 0 Å². The molecule has 1 nitrogen and oxygen atoms in total. The monoisotopic (exact) mass is 241 g/mol. The zero-order valence-corrected chi connectivity index (χ0v) is 9.98. The van der Waals surface area contributed by atoms with Crippen molar-refractivity contribution in [2.45, 2.75) is 19.3 Å². The summed E-state index contributed by atoms with van der Waals surface area (Å²) in [4.78, 5) is 0. The first-order valence-electron chi connectivity index (χ1n) is 4.47. The number of likely N-dealkylation sites (N-methyl/N-ethyl adjacent to an activating group) is 1. The van der Waals surface area contributed by atoms with Crippen molar-refractivity contribution in [1.82, 2.24) is 5.32 Å². The quantitative estimate of drug-likeness (QED) is 0.859. The van der Waals surface area contributed by atoms with Crippen LogP contribution in [0.1, 0.15) is 19.4 Å². The lowest BCUT2D eigenvalue weighted by molar-refractivity contribution is 0.492. The number of rotatable bonds is 3. The van der Waals surface area contributed by atoms with Crippen LogP contribution in [-0.2, 0) is 5.41 Å². The third kappa shape index (κ3) is 2.55. The third-order valence-electron chi connectivity index (χ3n) is 2.22. The maximum absolute atomic E-state index is 3.57. The van der Waals surface area contributed by atoms with Gasteiger partial charge in [0, 0.05) is 16.4 Å². The van der Waals surface area contributed by atoms with E-state index in [0.717, 1.165) is 6.54 Å². The molecule has 1 rings (SSSR count). The van der Waals surface area contributed by atoms with Crippen molar-refractivity contribution in [3.63, 3.8) is 0 Å². The van der Waals surface area contributed by atoms with Crippen molar-refractivity contribution in [3.05, 3.63) is 34.3 Å². The van der Waals surface area contributed by atoms with Crippen LogP contribution in [-0.4, -0.2) is 13.6 Å². The summed E-state index contributed by atoms with van der Waals surface area (Å²) >= 11 is 3.57. The second-order valence-electron chi connectivity index (χ2n) is 3.89. The first-order chi connectivity index (χ1) is 6.08. The van der Waals surface area contributed by atoms with Crippen LogP contribution >= 0.6 is 15.9 Å². The number of hydrogen-bond acceptors (Lipinski definition) is 1. The molecular weight excluding hydrogens is 226 g/mol. The van der Waals surface area contributed by atoms with E-state index in [1.54, 1.807) is 0 Å². The lowest BCUT2D eigenvalue weighted by Crippen LogP contribution is -2.30. The highest BCUT2D eigenvalue weighted by Crippen LogP contribution is 2.29. The Hall–Kier alpha value is -0.340. The van der Waals surface area contributed by atoms with Gasteiger partial charge in [-0.2, -0.15) is 0 Å². The van der Waals surface area contributed by atoms with Gasteiger partial charge in [-0.3, -0.25) is 0 Å². The van der Waals surface area contributed by atoms with Crippen LogP contribution in [0.15, 0.2) is 28.7 Å². The summed E-state index contributed by atoms with van der Waals surface area (Å²) in [5, 5.41) is 3.21. The van der Waals surface area contributed by atoms with Gasteiger partial charge in [0.2, 0.25) is 0 Å². The Kier molecular flexibility index (Phi) is 3.51. The summed E-state index contributed by atoms with van der Waals surface area (Å²) in [6.07, 6.45) is 0. The summed E-state index contributed by atoms with van der Waals surface area (Å²) in [5.74, 6) is 0. The summed E-state index contributed by atoms with van der Waals surface area (Å²) in [7, 11) is 1.98. The van der Waals surface area contributed by atoms with Gasteiger partial charge in [0.1, 0.15) is 0 Å². The van der Waals surface area contributed by atoms with E-state index >= 15 is 0 Å². The van der Waals surface area contributed by atoms with Gasteiger partial charge in [-0.15, -0.1) is 0 Å². The first kappa shape index (κ1) is 10.7. The fourth-order valence-corrected chi connectivity index (χ4v) is 2.37. The molecule has 1 aromatic rings. The van der Waals surface area contributed by atoms with Crippen LogP contribution in [0.3, 0.4) is 0 Å². The fraction of sp³-hybridized carbons (Fsp3) is 0.455. The zero-order valence-electron chi connectivity index (χ0n) is 8.39. The van der Waals surface area contributed by atoms with Gasteiger partial charge in [0.15, 0.2) is 0 Å². The molecule has 0 aliphatic carbocycles. The minimum absolute atomic E-state index is 0.175. The summed E-state index contributed by atoms with van der Waals surface area (Å²) in [6, 6.07) is 8.38. The average Bonchev–Trinajstić information content (AvgIpc) is 2.04. The smallest absolute Gasteiger partial charge is 0.0213 e. The predicted molar refractivity (Wildman–Crippen MR) is 61.1 cm³/mol. The average molecular weight is 242 g/mol. The summed E-state index contributed by atoms with van der Waals surface area (Å²) in [6.45, 7) is 5.46. The Morgan fingerprint density at radius 2 is 1.92 bits per heavy atom. The molecule has 1 N–H and O–H groups in total. The molecule has 0 radical (unpaired) electrons. The molecule has 0 aliphatic heterocycles. The molecule has 0 bridgehead atoms. The second kappa shape index (κ2) is 4.25. The third-order valence-corrected chi connectivity index (χ3v) is 2.91. The van der Waals surface area contributed by atoms with Crippen LogP contribution in [0.4, 0.5) is 0 Å². The van der Waals surface area contributed by atoms with Gasteiger partial charge in [0.05, 0.1) is 0 Å². The van der Waals surface area contributed by atoms with Crippen molar-refractivity contribution < 1.29 is 0 Å². The van der Waals surface area contributed by atoms with Gasteiger partial charge in [-0.1, -0.05) is 48.0 Å². The summed E-state index contributed by atoms with van der Waals surface area (Å²) < 4.78 is 1.19. The molecule has 13 heavy (non-hydrogen) atoms. The van der Waals surface area contributed by atoms with E-state index in [2.05, 4.69) is 53.3 Å². The Balaban J connectivity index is 2.99. The zero-order chi connectivity index (χ0) is 9.90. The van der Waals surface area contributed by atoms with E-state index in [9.17, 15) is 0 Å². The van der Waals surface area contributed by atoms with E-state index < -0.39 is 0 Å². The Bertz CT molecular complexity index is 281. The maximum Gasteiger partial charge on any atom is 0.0213 e. The molecule has 0 spiro atoms. The topological polar surface area (TPSA) is 12.0 Å². The first-order valence-corrected chi connectivity index (χ1v) is 5.27. The van der Waals surface area contributed by atoms with E-state index in [1.165, 1.54) is 10.0 Å². The van der Waals surface area contributed by atoms with Crippen molar-refractivity contribution in [3.8, 4) is 0 Å². The highest BCUT2D eigenvalue weighted by molar-refractivity contribution is 9.10. The number of halogens is 1. The van der Waals surface area contributed by atoms with E-state index in [0.29, 0.717) is 0 Å². The molecule has 0 amide bonds. The highest BCUT2D eigenvalue weighted by Gasteiger charge is 2.21. The molecule has 0 saturated heterocycles. The predicted octanol–water partition coefficient (Wildman–Crippen LogP) is 2.95.